The Morgan fingerprint density at radius 2 is 1.90 bits per heavy atom. The molecule has 2 amide bonds. The number of benzene rings is 2. The van der Waals surface area contributed by atoms with E-state index in [1.807, 2.05) is 56.3 Å². The lowest BCUT2D eigenvalue weighted by atomic mass is 9.62. The summed E-state index contributed by atoms with van der Waals surface area (Å²) in [5.74, 6) is -2.73. The van der Waals surface area contributed by atoms with E-state index in [4.69, 9.17) is 9.47 Å². The van der Waals surface area contributed by atoms with Crippen molar-refractivity contribution in [2.45, 2.75) is 56.8 Å². The number of fused-ring (bicyclic) bond motifs is 2. The number of aliphatic hydroxyl groups excluding tert-OH is 1. The van der Waals surface area contributed by atoms with Crippen molar-refractivity contribution in [2.75, 3.05) is 31.2 Å². The Morgan fingerprint density at radius 1 is 1.15 bits per heavy atom. The molecule has 0 aliphatic carbocycles. The molecule has 1 N–H and O–H groups in total. The van der Waals surface area contributed by atoms with E-state index in [1.54, 1.807) is 15.9 Å². The van der Waals surface area contributed by atoms with Gasteiger partial charge < -0.3 is 24.4 Å². The normalized spacial score (nSPS) is 29.9. The van der Waals surface area contributed by atoms with Crippen molar-refractivity contribution in [1.29, 1.82) is 0 Å². The van der Waals surface area contributed by atoms with Gasteiger partial charge in [0.05, 0.1) is 11.5 Å². The van der Waals surface area contributed by atoms with E-state index in [0.717, 1.165) is 10.8 Å². The first-order valence-electron chi connectivity index (χ1n) is 14.5. The Balaban J connectivity index is 1.58. The molecule has 0 aromatic heterocycles. The van der Waals surface area contributed by atoms with Gasteiger partial charge in [0.15, 0.2) is 0 Å². The maximum absolute atomic E-state index is 14.7. The number of unbranched alkanes of at least 4 members (excludes halogenated alkanes) is 2. The number of ether oxygens (including phenoxy) is 2. The number of rotatable bonds is 12. The summed E-state index contributed by atoms with van der Waals surface area (Å²) in [6.45, 7) is 12.1. The van der Waals surface area contributed by atoms with Crippen LogP contribution in [0, 0.1) is 17.8 Å². The quantitative estimate of drug-likeness (QED) is 0.237. The van der Waals surface area contributed by atoms with Crippen molar-refractivity contribution >= 4 is 34.2 Å². The van der Waals surface area contributed by atoms with Gasteiger partial charge in [-0.2, -0.15) is 0 Å². The summed E-state index contributed by atoms with van der Waals surface area (Å²) in [6.07, 6.45) is 5.59. The lowest BCUT2D eigenvalue weighted by molar-refractivity contribution is -0.160. The molecule has 0 saturated carbocycles. The molecular formula is C33H40N2O6. The zero-order chi connectivity index (χ0) is 29.4. The first-order chi connectivity index (χ1) is 19.7. The van der Waals surface area contributed by atoms with Crippen molar-refractivity contribution < 1.29 is 29.0 Å². The molecule has 2 bridgehead atoms. The van der Waals surface area contributed by atoms with Gasteiger partial charge in [0.2, 0.25) is 5.91 Å². The van der Waals surface area contributed by atoms with Crippen LogP contribution in [0.4, 0.5) is 5.69 Å². The molecule has 6 atom stereocenters. The van der Waals surface area contributed by atoms with Crippen LogP contribution in [0.2, 0.25) is 0 Å². The maximum Gasteiger partial charge on any atom is 0.313 e. The van der Waals surface area contributed by atoms with Gasteiger partial charge in [0.25, 0.3) is 5.91 Å². The van der Waals surface area contributed by atoms with Crippen LogP contribution < -0.4 is 4.90 Å². The van der Waals surface area contributed by atoms with Crippen molar-refractivity contribution in [3.8, 4) is 0 Å². The summed E-state index contributed by atoms with van der Waals surface area (Å²) in [6, 6.07) is 12.9. The minimum atomic E-state index is -1.16. The van der Waals surface area contributed by atoms with Crippen LogP contribution in [-0.4, -0.2) is 71.3 Å². The number of carbonyl (C=O) groups excluding carboxylic acids is 3. The monoisotopic (exact) mass is 560 g/mol. The number of likely N-dealkylation sites (tertiary alicyclic amines) is 1. The predicted molar refractivity (Wildman–Crippen MR) is 157 cm³/mol. The van der Waals surface area contributed by atoms with Gasteiger partial charge in [0.1, 0.15) is 24.2 Å². The van der Waals surface area contributed by atoms with E-state index < -0.39 is 35.0 Å². The largest absolute Gasteiger partial charge is 0.461 e. The molecule has 5 rings (SSSR count). The molecule has 3 heterocycles. The number of aliphatic hydroxyl groups is 1. The van der Waals surface area contributed by atoms with Crippen LogP contribution >= 0.6 is 0 Å². The lowest BCUT2D eigenvalue weighted by Crippen LogP contribution is -2.57. The molecule has 8 heteroatoms. The third-order valence-corrected chi connectivity index (χ3v) is 9.33. The second-order valence-corrected chi connectivity index (χ2v) is 11.7. The zero-order valence-corrected chi connectivity index (χ0v) is 24.0. The van der Waals surface area contributed by atoms with E-state index in [9.17, 15) is 19.5 Å². The second-order valence-electron chi connectivity index (χ2n) is 11.7. The minimum Gasteiger partial charge on any atom is -0.461 e. The van der Waals surface area contributed by atoms with Gasteiger partial charge in [-0.25, -0.2) is 0 Å². The van der Waals surface area contributed by atoms with Crippen LogP contribution in [0.5, 0.6) is 0 Å². The van der Waals surface area contributed by atoms with Crippen molar-refractivity contribution in [2.24, 2.45) is 17.8 Å². The number of amides is 2. The molecule has 3 fully saturated rings. The lowest BCUT2D eigenvalue weighted by Gasteiger charge is -2.37. The van der Waals surface area contributed by atoms with Gasteiger partial charge in [0, 0.05) is 25.4 Å². The molecule has 3 unspecified atom stereocenters. The average molecular weight is 561 g/mol. The zero-order valence-electron chi connectivity index (χ0n) is 24.0. The van der Waals surface area contributed by atoms with Gasteiger partial charge >= 0.3 is 5.97 Å². The average Bonchev–Trinajstić information content (AvgIpc) is 3.48. The highest BCUT2D eigenvalue weighted by Gasteiger charge is 2.80. The summed E-state index contributed by atoms with van der Waals surface area (Å²) in [5, 5.41) is 11.3. The van der Waals surface area contributed by atoms with Crippen molar-refractivity contribution in [1.82, 2.24) is 4.90 Å². The van der Waals surface area contributed by atoms with Crippen LogP contribution in [0.15, 0.2) is 67.8 Å². The molecular weight excluding hydrogens is 520 g/mol. The molecule has 41 heavy (non-hydrogen) atoms. The van der Waals surface area contributed by atoms with Crippen LogP contribution in [-0.2, 0) is 23.9 Å². The second kappa shape index (κ2) is 11.4. The molecule has 2 aromatic carbocycles. The molecule has 3 saturated heterocycles. The number of hydrogen-bond donors (Lipinski definition) is 1. The highest BCUT2D eigenvalue weighted by molar-refractivity contribution is 6.05. The summed E-state index contributed by atoms with van der Waals surface area (Å²) >= 11 is 0. The highest BCUT2D eigenvalue weighted by atomic mass is 16.6. The van der Waals surface area contributed by atoms with Crippen molar-refractivity contribution in [3.05, 3.63) is 67.8 Å². The molecule has 8 nitrogen and oxygen atoms in total. The molecule has 1 spiro atoms. The molecule has 3 aliphatic rings. The first-order valence-corrected chi connectivity index (χ1v) is 14.5. The molecule has 2 aromatic rings. The van der Waals surface area contributed by atoms with Gasteiger partial charge in [-0.3, -0.25) is 14.4 Å². The number of carbonyl (C=O) groups is 3. The van der Waals surface area contributed by atoms with Crippen LogP contribution in [0.1, 0.15) is 39.5 Å². The van der Waals surface area contributed by atoms with E-state index in [1.165, 1.54) is 6.08 Å². The van der Waals surface area contributed by atoms with E-state index in [0.29, 0.717) is 37.9 Å². The molecule has 3 aliphatic heterocycles. The van der Waals surface area contributed by atoms with E-state index in [-0.39, 0.29) is 37.5 Å². The molecule has 0 radical (unpaired) electrons. The van der Waals surface area contributed by atoms with E-state index in [2.05, 4.69) is 13.2 Å². The number of nitrogens with zero attached hydrogens (tertiary/aromatic N) is 2. The Kier molecular flexibility index (Phi) is 8.08. The van der Waals surface area contributed by atoms with Crippen LogP contribution in [0.25, 0.3) is 10.8 Å². The predicted octanol–water partition coefficient (Wildman–Crippen LogP) is 4.26. The van der Waals surface area contributed by atoms with Gasteiger partial charge in [-0.05, 0) is 61.4 Å². The Bertz CT molecular complexity index is 1360. The Labute approximate surface area is 241 Å². The van der Waals surface area contributed by atoms with Gasteiger partial charge in [-0.15, -0.1) is 6.58 Å². The summed E-state index contributed by atoms with van der Waals surface area (Å²) < 4.78 is 12.3. The fourth-order valence-corrected chi connectivity index (χ4v) is 7.36. The number of anilines is 1. The minimum absolute atomic E-state index is 0.0377. The fraction of sp³-hybridized carbons (Fsp3) is 0.485. The van der Waals surface area contributed by atoms with Gasteiger partial charge in [-0.1, -0.05) is 56.0 Å². The Morgan fingerprint density at radius 3 is 2.61 bits per heavy atom. The smallest absolute Gasteiger partial charge is 0.313 e. The first kappa shape index (κ1) is 29.0. The number of esters is 1. The standard InChI is InChI=1S/C33H40N2O6/c1-5-16-34(25-15-14-23-12-8-9-13-24(23)20-25)30(38)28-33-21-22(3)32(4,41-33)27(31(39)40-19-6-2)26(33)29(37)35(28)17-10-7-11-18-36/h5-6,8-9,12-15,20,22,26-28,36H,1-2,7,10-11,16-19,21H2,3-4H3/t22?,26-,27+,28?,32-,33?/m0/s1. The fourth-order valence-electron chi connectivity index (χ4n) is 7.36. The third kappa shape index (κ3) is 4.67. The highest BCUT2D eigenvalue weighted by Crippen LogP contribution is 2.65. The maximum atomic E-state index is 14.7. The third-order valence-electron chi connectivity index (χ3n) is 9.33. The SMILES string of the molecule is C=CCOC(=O)[C@H]1[C@H]2C(=O)N(CCCCCO)C(C(=O)N(CC=C)c3ccc4ccccc4c3)C23CC(C)[C@]1(C)O3. The topological polar surface area (TPSA) is 96.4 Å². The summed E-state index contributed by atoms with van der Waals surface area (Å²) in [7, 11) is 0. The van der Waals surface area contributed by atoms with Crippen molar-refractivity contribution in [3.63, 3.8) is 0 Å². The summed E-state index contributed by atoms with van der Waals surface area (Å²) in [4.78, 5) is 45.7. The van der Waals surface area contributed by atoms with Crippen LogP contribution in [0.3, 0.4) is 0 Å². The number of hydrogen-bond acceptors (Lipinski definition) is 6. The summed E-state index contributed by atoms with van der Waals surface area (Å²) in [5.41, 5.74) is -1.39. The molecule has 218 valence electrons. The Hall–Kier alpha value is -3.49. The van der Waals surface area contributed by atoms with E-state index >= 15 is 0 Å².